The number of nitrogens with zero attached hydrogens (tertiary/aromatic N) is 2. The highest BCUT2D eigenvalue weighted by Crippen LogP contribution is 2.27. The number of hydrogen-bond donors (Lipinski definition) is 1. The fourth-order valence-corrected chi connectivity index (χ4v) is 3.32. The van der Waals surface area contributed by atoms with Gasteiger partial charge in [-0.3, -0.25) is 9.69 Å². The molecule has 4 nitrogen and oxygen atoms in total. The molecule has 2 rings (SSSR count). The van der Waals surface area contributed by atoms with E-state index in [1.807, 2.05) is 0 Å². The first-order chi connectivity index (χ1) is 8.84. The van der Waals surface area contributed by atoms with E-state index in [-0.39, 0.29) is 5.41 Å². The van der Waals surface area contributed by atoms with Crippen LogP contribution in [0.3, 0.4) is 0 Å². The number of hydrogen-bond acceptors (Lipinski definition) is 4. The molecule has 0 radical (unpaired) electrons. The lowest BCUT2D eigenvalue weighted by Crippen LogP contribution is -2.21. The highest BCUT2D eigenvalue weighted by atomic mass is 32.1. The van der Waals surface area contributed by atoms with Crippen molar-refractivity contribution >= 4 is 17.3 Å². The van der Waals surface area contributed by atoms with E-state index in [1.54, 1.807) is 11.3 Å². The first kappa shape index (κ1) is 14.5. The number of aliphatic carboxylic acids is 1. The quantitative estimate of drug-likeness (QED) is 0.922. The Labute approximate surface area is 118 Å². The summed E-state index contributed by atoms with van der Waals surface area (Å²) in [5.41, 5.74) is 1.23. The smallest absolute Gasteiger partial charge is 0.303 e. The molecule has 1 aromatic rings. The Bertz CT molecular complexity index is 451. The molecule has 0 amide bonds. The SMILES string of the molecule is CC(C)(C)c1nc(CN2CCC(CC(=O)O)C2)cs1. The third kappa shape index (κ3) is 4.01. The molecule has 1 fully saturated rings. The summed E-state index contributed by atoms with van der Waals surface area (Å²) < 4.78 is 0. The van der Waals surface area contributed by atoms with Gasteiger partial charge in [-0.1, -0.05) is 20.8 Å². The molecule has 5 heteroatoms. The second-order valence-corrected chi connectivity index (χ2v) is 7.24. The molecule has 1 unspecified atom stereocenters. The Hall–Kier alpha value is -0.940. The zero-order chi connectivity index (χ0) is 14.0. The van der Waals surface area contributed by atoms with Gasteiger partial charge in [-0.25, -0.2) is 4.98 Å². The molecule has 106 valence electrons. The molecule has 1 aliphatic heterocycles. The molecule has 0 aliphatic carbocycles. The van der Waals surface area contributed by atoms with Gasteiger partial charge in [0.05, 0.1) is 10.7 Å². The van der Waals surface area contributed by atoms with Gasteiger partial charge in [-0.15, -0.1) is 11.3 Å². The largest absolute Gasteiger partial charge is 0.481 e. The maximum Gasteiger partial charge on any atom is 0.303 e. The lowest BCUT2D eigenvalue weighted by molar-refractivity contribution is -0.138. The summed E-state index contributed by atoms with van der Waals surface area (Å²) in [5.74, 6) is -0.381. The van der Waals surface area contributed by atoms with Crippen molar-refractivity contribution in [3.63, 3.8) is 0 Å². The van der Waals surface area contributed by atoms with Crippen molar-refractivity contribution in [2.45, 2.75) is 45.6 Å². The van der Waals surface area contributed by atoms with Gasteiger partial charge in [-0.05, 0) is 18.9 Å². The minimum atomic E-state index is -0.685. The Morgan fingerprint density at radius 3 is 2.89 bits per heavy atom. The van der Waals surface area contributed by atoms with E-state index in [1.165, 1.54) is 5.01 Å². The van der Waals surface area contributed by atoms with Crippen molar-refractivity contribution in [1.82, 2.24) is 9.88 Å². The van der Waals surface area contributed by atoms with Crippen LogP contribution in [0.5, 0.6) is 0 Å². The van der Waals surface area contributed by atoms with Crippen LogP contribution in [0.2, 0.25) is 0 Å². The summed E-state index contributed by atoms with van der Waals surface area (Å²) >= 11 is 1.72. The van der Waals surface area contributed by atoms with Crippen LogP contribution in [-0.4, -0.2) is 34.0 Å². The Kier molecular flexibility index (Phi) is 4.26. The number of carboxylic acid groups (broad SMARTS) is 1. The molecule has 1 aliphatic rings. The lowest BCUT2D eigenvalue weighted by Gasteiger charge is -2.15. The normalized spacial score (nSPS) is 20.9. The predicted molar refractivity (Wildman–Crippen MR) is 76.5 cm³/mol. The van der Waals surface area contributed by atoms with E-state index < -0.39 is 5.97 Å². The third-order valence-corrected chi connectivity index (χ3v) is 4.73. The number of rotatable bonds is 4. The fourth-order valence-electron chi connectivity index (χ4n) is 2.42. The minimum Gasteiger partial charge on any atom is -0.481 e. The van der Waals surface area contributed by atoms with E-state index in [0.717, 1.165) is 31.7 Å². The standard InChI is InChI=1S/C14H22N2O2S/c1-14(2,3)13-15-11(9-19-13)8-16-5-4-10(7-16)6-12(17)18/h9-10H,4-8H2,1-3H3,(H,17,18). The topological polar surface area (TPSA) is 53.4 Å². The van der Waals surface area contributed by atoms with Crippen LogP contribution in [0, 0.1) is 5.92 Å². The van der Waals surface area contributed by atoms with Crippen molar-refractivity contribution < 1.29 is 9.90 Å². The van der Waals surface area contributed by atoms with Gasteiger partial charge in [0, 0.05) is 30.3 Å². The average Bonchev–Trinajstić information content (AvgIpc) is 2.86. The molecule has 2 heterocycles. The van der Waals surface area contributed by atoms with Crippen LogP contribution in [-0.2, 0) is 16.8 Å². The molecule has 0 saturated carbocycles. The number of carboxylic acids is 1. The molecular formula is C14H22N2O2S. The van der Waals surface area contributed by atoms with E-state index in [9.17, 15) is 4.79 Å². The van der Waals surface area contributed by atoms with Crippen LogP contribution in [0.4, 0.5) is 0 Å². The second kappa shape index (κ2) is 5.59. The Balaban J connectivity index is 1.89. The molecule has 1 N–H and O–H groups in total. The first-order valence-corrected chi connectivity index (χ1v) is 7.61. The zero-order valence-electron chi connectivity index (χ0n) is 11.8. The van der Waals surface area contributed by atoms with Gasteiger partial charge >= 0.3 is 5.97 Å². The Morgan fingerprint density at radius 1 is 1.58 bits per heavy atom. The summed E-state index contributed by atoms with van der Waals surface area (Å²) in [6.07, 6.45) is 1.28. The molecule has 0 spiro atoms. The van der Waals surface area contributed by atoms with Crippen molar-refractivity contribution in [3.8, 4) is 0 Å². The van der Waals surface area contributed by atoms with E-state index >= 15 is 0 Å². The summed E-state index contributed by atoms with van der Waals surface area (Å²) in [4.78, 5) is 17.7. The van der Waals surface area contributed by atoms with Gasteiger partial charge < -0.3 is 5.11 Å². The maximum atomic E-state index is 10.7. The second-order valence-electron chi connectivity index (χ2n) is 6.38. The van der Waals surface area contributed by atoms with E-state index in [2.05, 4.69) is 31.1 Å². The highest BCUT2D eigenvalue weighted by Gasteiger charge is 2.25. The average molecular weight is 282 g/mol. The molecule has 0 aromatic carbocycles. The third-order valence-electron chi connectivity index (χ3n) is 3.41. The number of likely N-dealkylation sites (tertiary alicyclic amines) is 1. The van der Waals surface area contributed by atoms with Crippen molar-refractivity contribution in [2.24, 2.45) is 5.92 Å². The van der Waals surface area contributed by atoms with Crippen LogP contribution in [0.25, 0.3) is 0 Å². The molecule has 1 atom stereocenters. The molecule has 19 heavy (non-hydrogen) atoms. The molecule has 0 bridgehead atoms. The summed E-state index contributed by atoms with van der Waals surface area (Å²) in [7, 11) is 0. The van der Waals surface area contributed by atoms with Gasteiger partial charge in [0.1, 0.15) is 0 Å². The zero-order valence-corrected chi connectivity index (χ0v) is 12.7. The lowest BCUT2D eigenvalue weighted by atomic mass is 9.98. The van der Waals surface area contributed by atoms with E-state index in [4.69, 9.17) is 10.1 Å². The van der Waals surface area contributed by atoms with Crippen LogP contribution >= 0.6 is 11.3 Å². The monoisotopic (exact) mass is 282 g/mol. The molecule has 1 aromatic heterocycles. The van der Waals surface area contributed by atoms with Gasteiger partial charge in [0.15, 0.2) is 0 Å². The predicted octanol–water partition coefficient (Wildman–Crippen LogP) is 2.74. The minimum absolute atomic E-state index is 0.111. The Morgan fingerprint density at radius 2 is 2.32 bits per heavy atom. The number of thiazole rings is 1. The van der Waals surface area contributed by atoms with Crippen LogP contribution < -0.4 is 0 Å². The van der Waals surface area contributed by atoms with Gasteiger partial charge in [0.2, 0.25) is 0 Å². The number of aromatic nitrogens is 1. The summed E-state index contributed by atoms with van der Waals surface area (Å²) in [6, 6.07) is 0. The van der Waals surface area contributed by atoms with Crippen LogP contribution in [0.1, 0.15) is 44.3 Å². The first-order valence-electron chi connectivity index (χ1n) is 6.73. The van der Waals surface area contributed by atoms with Crippen molar-refractivity contribution in [3.05, 3.63) is 16.1 Å². The molecule has 1 saturated heterocycles. The number of carbonyl (C=O) groups is 1. The van der Waals surface area contributed by atoms with Gasteiger partial charge in [-0.2, -0.15) is 0 Å². The maximum absolute atomic E-state index is 10.7. The van der Waals surface area contributed by atoms with Crippen molar-refractivity contribution in [2.75, 3.05) is 13.1 Å². The summed E-state index contributed by atoms with van der Waals surface area (Å²) in [5, 5.41) is 12.1. The highest BCUT2D eigenvalue weighted by molar-refractivity contribution is 7.09. The summed E-state index contributed by atoms with van der Waals surface area (Å²) in [6.45, 7) is 9.24. The van der Waals surface area contributed by atoms with Gasteiger partial charge in [0.25, 0.3) is 0 Å². The van der Waals surface area contributed by atoms with E-state index in [0.29, 0.717) is 12.3 Å². The fraction of sp³-hybridized carbons (Fsp3) is 0.714. The van der Waals surface area contributed by atoms with Crippen LogP contribution in [0.15, 0.2) is 5.38 Å². The van der Waals surface area contributed by atoms with Crippen molar-refractivity contribution in [1.29, 1.82) is 0 Å². The molecular weight excluding hydrogens is 260 g/mol.